The lowest BCUT2D eigenvalue weighted by Gasteiger charge is -2.20. The van der Waals surface area contributed by atoms with Gasteiger partial charge in [-0.2, -0.15) is 0 Å². The van der Waals surface area contributed by atoms with Crippen LogP contribution in [0.2, 0.25) is 0 Å². The van der Waals surface area contributed by atoms with Gasteiger partial charge in [-0.1, -0.05) is 18.2 Å². The molecule has 98 valence electrons. The third-order valence-corrected chi connectivity index (χ3v) is 2.59. The Kier molecular flexibility index (Phi) is 3.75. The molecule has 0 atom stereocenters. The third kappa shape index (κ3) is 3.07. The Bertz CT molecular complexity index is 587. The predicted octanol–water partition coefficient (Wildman–Crippen LogP) is 2.75. The fourth-order valence-corrected chi connectivity index (χ4v) is 1.60. The van der Waals surface area contributed by atoms with Crippen LogP contribution in [0.15, 0.2) is 48.5 Å². The van der Waals surface area contributed by atoms with Crippen LogP contribution in [-0.4, -0.2) is 13.0 Å². The van der Waals surface area contributed by atoms with Gasteiger partial charge in [0.25, 0.3) is 5.91 Å². The summed E-state index contributed by atoms with van der Waals surface area (Å²) in [6.07, 6.45) is 0. The van der Waals surface area contributed by atoms with Crippen LogP contribution in [0.3, 0.4) is 0 Å². The van der Waals surface area contributed by atoms with Crippen molar-refractivity contribution in [3.63, 3.8) is 0 Å². The summed E-state index contributed by atoms with van der Waals surface area (Å²) >= 11 is 0. The molecule has 0 spiro atoms. The summed E-state index contributed by atoms with van der Waals surface area (Å²) < 4.78 is 26.2. The number of nitrogens with one attached hydrogen (secondary N) is 1. The lowest BCUT2D eigenvalue weighted by Crippen LogP contribution is -2.39. The molecule has 2 aromatic carbocycles. The van der Waals surface area contributed by atoms with Crippen molar-refractivity contribution in [1.82, 2.24) is 5.43 Å². The van der Waals surface area contributed by atoms with Gasteiger partial charge in [0.2, 0.25) is 0 Å². The Morgan fingerprint density at radius 1 is 1.11 bits per heavy atom. The Labute approximate surface area is 109 Å². The van der Waals surface area contributed by atoms with Crippen LogP contribution < -0.4 is 10.4 Å². The Morgan fingerprint density at radius 3 is 2.42 bits per heavy atom. The second-order valence-electron chi connectivity index (χ2n) is 3.96. The van der Waals surface area contributed by atoms with Gasteiger partial charge < -0.3 is 0 Å². The summed E-state index contributed by atoms with van der Waals surface area (Å²) in [5.74, 6) is -2.24. The Balaban J connectivity index is 2.13. The molecule has 1 N–H and O–H groups in total. The fraction of sp³-hybridized carbons (Fsp3) is 0.0714. The van der Waals surface area contributed by atoms with E-state index < -0.39 is 17.5 Å². The number of carbonyl (C=O) groups excluding carboxylic acids is 1. The molecule has 2 rings (SSSR count). The van der Waals surface area contributed by atoms with Gasteiger partial charge in [-0.05, 0) is 24.3 Å². The van der Waals surface area contributed by atoms with Crippen molar-refractivity contribution in [3.05, 3.63) is 65.7 Å². The van der Waals surface area contributed by atoms with Crippen molar-refractivity contribution < 1.29 is 13.6 Å². The van der Waals surface area contributed by atoms with Crippen LogP contribution in [0.1, 0.15) is 10.4 Å². The summed E-state index contributed by atoms with van der Waals surface area (Å²) in [6.45, 7) is 0. The normalized spacial score (nSPS) is 10.1. The highest BCUT2D eigenvalue weighted by Gasteiger charge is 2.14. The molecule has 5 heteroatoms. The third-order valence-electron chi connectivity index (χ3n) is 2.59. The number of hydrazine groups is 1. The Hall–Kier alpha value is -2.43. The number of para-hydroxylation sites is 1. The zero-order chi connectivity index (χ0) is 13.8. The number of anilines is 1. The van der Waals surface area contributed by atoms with Crippen molar-refractivity contribution in [1.29, 1.82) is 0 Å². The molecule has 0 saturated heterocycles. The summed E-state index contributed by atoms with van der Waals surface area (Å²) in [5, 5.41) is 1.46. The van der Waals surface area contributed by atoms with Gasteiger partial charge in [0.05, 0.1) is 11.3 Å². The zero-order valence-electron chi connectivity index (χ0n) is 10.2. The first-order chi connectivity index (χ1) is 9.08. The maximum absolute atomic E-state index is 13.4. The van der Waals surface area contributed by atoms with Crippen molar-refractivity contribution in [2.24, 2.45) is 0 Å². The number of carbonyl (C=O) groups is 1. The van der Waals surface area contributed by atoms with E-state index in [2.05, 4.69) is 5.43 Å². The summed E-state index contributed by atoms with van der Waals surface area (Å²) in [7, 11) is 1.63. The highest BCUT2D eigenvalue weighted by molar-refractivity contribution is 5.95. The first kappa shape index (κ1) is 13.0. The number of amides is 1. The molecule has 1 amide bonds. The summed E-state index contributed by atoms with van der Waals surface area (Å²) in [6, 6.07) is 11.9. The molecule has 0 aliphatic heterocycles. The number of nitrogens with zero attached hydrogens (tertiary/aromatic N) is 1. The van der Waals surface area contributed by atoms with E-state index in [9.17, 15) is 13.6 Å². The maximum Gasteiger partial charge on any atom is 0.272 e. The van der Waals surface area contributed by atoms with E-state index in [1.54, 1.807) is 19.2 Å². The van der Waals surface area contributed by atoms with Crippen LogP contribution >= 0.6 is 0 Å². The van der Waals surface area contributed by atoms with E-state index in [0.717, 1.165) is 17.8 Å². The van der Waals surface area contributed by atoms with Crippen LogP contribution in [0.4, 0.5) is 14.5 Å². The second kappa shape index (κ2) is 5.48. The second-order valence-corrected chi connectivity index (χ2v) is 3.96. The van der Waals surface area contributed by atoms with Gasteiger partial charge in [0.15, 0.2) is 0 Å². The van der Waals surface area contributed by atoms with E-state index in [1.165, 1.54) is 5.01 Å². The van der Waals surface area contributed by atoms with Gasteiger partial charge in [-0.25, -0.2) is 8.78 Å². The van der Waals surface area contributed by atoms with E-state index in [-0.39, 0.29) is 5.56 Å². The molecular formula is C14H12F2N2O. The fourth-order valence-electron chi connectivity index (χ4n) is 1.60. The van der Waals surface area contributed by atoms with Gasteiger partial charge in [-0.3, -0.25) is 15.2 Å². The molecule has 0 unspecified atom stereocenters. The molecular weight excluding hydrogens is 250 g/mol. The standard InChI is InChI=1S/C14H12F2N2O/c1-18(11-5-3-2-4-6-11)17-14(19)12-8-7-10(15)9-13(12)16/h2-9H,1H3,(H,17,19). The van der Waals surface area contributed by atoms with Gasteiger partial charge in [-0.15, -0.1) is 0 Å². The molecule has 0 saturated carbocycles. The van der Waals surface area contributed by atoms with E-state index in [0.29, 0.717) is 6.07 Å². The van der Waals surface area contributed by atoms with E-state index in [1.807, 2.05) is 18.2 Å². The monoisotopic (exact) mass is 262 g/mol. The van der Waals surface area contributed by atoms with Crippen molar-refractivity contribution in [2.75, 3.05) is 12.1 Å². The Morgan fingerprint density at radius 2 is 1.79 bits per heavy atom. The van der Waals surface area contributed by atoms with E-state index >= 15 is 0 Å². The number of benzene rings is 2. The minimum Gasteiger partial charge on any atom is -0.288 e. The molecule has 2 aromatic rings. The SMILES string of the molecule is CN(NC(=O)c1ccc(F)cc1F)c1ccccc1. The van der Waals surface area contributed by atoms with Crippen LogP contribution in [-0.2, 0) is 0 Å². The lowest BCUT2D eigenvalue weighted by molar-refractivity contribution is 0.0947. The van der Waals surface area contributed by atoms with Crippen molar-refractivity contribution >= 4 is 11.6 Å². The average molecular weight is 262 g/mol. The number of halogens is 2. The minimum atomic E-state index is -0.890. The van der Waals surface area contributed by atoms with Crippen LogP contribution in [0, 0.1) is 11.6 Å². The largest absolute Gasteiger partial charge is 0.288 e. The molecule has 0 aliphatic rings. The predicted molar refractivity (Wildman–Crippen MR) is 68.7 cm³/mol. The molecule has 0 bridgehead atoms. The van der Waals surface area contributed by atoms with Crippen molar-refractivity contribution in [2.45, 2.75) is 0 Å². The topological polar surface area (TPSA) is 32.3 Å². The van der Waals surface area contributed by atoms with Gasteiger partial charge in [0.1, 0.15) is 11.6 Å². The molecule has 19 heavy (non-hydrogen) atoms. The van der Waals surface area contributed by atoms with Gasteiger partial charge in [0, 0.05) is 13.1 Å². The number of rotatable bonds is 3. The minimum absolute atomic E-state index is 0.204. The van der Waals surface area contributed by atoms with Crippen molar-refractivity contribution in [3.8, 4) is 0 Å². The molecule has 3 nitrogen and oxygen atoms in total. The summed E-state index contributed by atoms with van der Waals surface area (Å²) in [4.78, 5) is 11.8. The van der Waals surface area contributed by atoms with E-state index in [4.69, 9.17) is 0 Å². The number of hydrogen-bond donors (Lipinski definition) is 1. The first-order valence-corrected chi connectivity index (χ1v) is 5.63. The average Bonchev–Trinajstić information content (AvgIpc) is 2.39. The molecule has 0 radical (unpaired) electrons. The van der Waals surface area contributed by atoms with Gasteiger partial charge >= 0.3 is 0 Å². The smallest absolute Gasteiger partial charge is 0.272 e. The molecule has 0 heterocycles. The number of hydrogen-bond acceptors (Lipinski definition) is 2. The highest BCUT2D eigenvalue weighted by atomic mass is 19.1. The summed E-state index contributed by atoms with van der Waals surface area (Å²) in [5.41, 5.74) is 3.05. The molecule has 0 aromatic heterocycles. The van der Waals surface area contributed by atoms with Crippen LogP contribution in [0.25, 0.3) is 0 Å². The zero-order valence-corrected chi connectivity index (χ0v) is 10.2. The highest BCUT2D eigenvalue weighted by Crippen LogP contribution is 2.12. The molecule has 0 aliphatic carbocycles. The first-order valence-electron chi connectivity index (χ1n) is 5.63. The van der Waals surface area contributed by atoms with Crippen LogP contribution in [0.5, 0.6) is 0 Å². The molecule has 0 fully saturated rings. The maximum atomic E-state index is 13.4. The lowest BCUT2D eigenvalue weighted by atomic mass is 10.2. The quantitative estimate of drug-likeness (QED) is 0.863.